The maximum atomic E-state index is 9.94. The van der Waals surface area contributed by atoms with Crippen molar-refractivity contribution >= 4 is 0 Å². The Morgan fingerprint density at radius 1 is 1.42 bits per heavy atom. The van der Waals surface area contributed by atoms with E-state index in [1.165, 1.54) is 0 Å². The Balaban J connectivity index is 3.19. The molecule has 0 bridgehead atoms. The molecule has 0 fully saturated rings. The van der Waals surface area contributed by atoms with Crippen molar-refractivity contribution in [2.24, 2.45) is 0 Å². The predicted octanol–water partition coefficient (Wildman–Crippen LogP) is 1.59. The van der Waals surface area contributed by atoms with Crippen LogP contribution in [0.4, 0.5) is 0 Å². The molecule has 0 aliphatic rings. The second-order valence-electron chi connectivity index (χ2n) is 3.02. The van der Waals surface area contributed by atoms with Gasteiger partial charge in [0, 0.05) is 4.92 Å². The van der Waals surface area contributed by atoms with Crippen LogP contribution in [0.5, 0.6) is 0 Å². The fourth-order valence-electron chi connectivity index (χ4n) is 1.07. The van der Waals surface area contributed by atoms with Gasteiger partial charge in [0.15, 0.2) is 0 Å². The van der Waals surface area contributed by atoms with Gasteiger partial charge >= 0.3 is 0 Å². The smallest absolute Gasteiger partial charge is 0.229 e. The van der Waals surface area contributed by atoms with Crippen LogP contribution in [0.1, 0.15) is 39.0 Å². The first kappa shape index (κ1) is 11.4. The van der Waals surface area contributed by atoms with E-state index in [2.05, 4.69) is 6.92 Å². The van der Waals surface area contributed by atoms with E-state index in [1.54, 1.807) is 0 Å². The first-order valence-corrected chi connectivity index (χ1v) is 4.46. The summed E-state index contributed by atoms with van der Waals surface area (Å²) in [7, 11) is 0. The zero-order valence-corrected chi connectivity index (χ0v) is 7.53. The minimum absolute atomic E-state index is 0.313. The first-order valence-electron chi connectivity index (χ1n) is 4.46. The lowest BCUT2D eigenvalue weighted by Crippen LogP contribution is -2.18. The summed E-state index contributed by atoms with van der Waals surface area (Å²) in [4.78, 5) is 9.48. The predicted molar refractivity (Wildman–Crippen MR) is 46.6 cm³/mol. The Morgan fingerprint density at radius 2 is 2.08 bits per heavy atom. The van der Waals surface area contributed by atoms with Crippen LogP contribution in [0.15, 0.2) is 0 Å². The summed E-state index contributed by atoms with van der Waals surface area (Å²) in [5.74, 6) is 0. The van der Waals surface area contributed by atoms with Crippen LogP contribution in [0.2, 0.25) is 0 Å². The standard InChI is InChI=1S/C8H17NO3/c1-2-3-4-5-6-8(10)7-9(11)12/h8,10H,2-7H2,1H3/t8-/m1/s1. The highest BCUT2D eigenvalue weighted by atomic mass is 16.6. The van der Waals surface area contributed by atoms with E-state index < -0.39 is 11.0 Å². The van der Waals surface area contributed by atoms with Crippen LogP contribution in [0, 0.1) is 10.1 Å². The van der Waals surface area contributed by atoms with Crippen molar-refractivity contribution in [3.8, 4) is 0 Å². The molecule has 0 radical (unpaired) electrons. The molecule has 0 unspecified atom stereocenters. The summed E-state index contributed by atoms with van der Waals surface area (Å²) in [6.07, 6.45) is 4.04. The van der Waals surface area contributed by atoms with Crippen LogP contribution in [-0.4, -0.2) is 22.7 Å². The van der Waals surface area contributed by atoms with Crippen molar-refractivity contribution in [2.75, 3.05) is 6.54 Å². The molecule has 1 atom stereocenters. The van der Waals surface area contributed by atoms with Gasteiger partial charge in [-0.3, -0.25) is 10.1 Å². The topological polar surface area (TPSA) is 63.4 Å². The average Bonchev–Trinajstić information content (AvgIpc) is 1.97. The van der Waals surface area contributed by atoms with Crippen LogP contribution in [-0.2, 0) is 0 Å². The lowest BCUT2D eigenvalue weighted by Gasteiger charge is -2.04. The number of nitro groups is 1. The maximum Gasteiger partial charge on any atom is 0.229 e. The summed E-state index contributed by atoms with van der Waals surface area (Å²) in [5, 5.41) is 19.0. The molecule has 0 saturated carbocycles. The molecule has 4 heteroatoms. The first-order chi connectivity index (χ1) is 5.66. The largest absolute Gasteiger partial charge is 0.386 e. The van der Waals surface area contributed by atoms with E-state index >= 15 is 0 Å². The molecule has 0 aromatic heterocycles. The zero-order chi connectivity index (χ0) is 9.40. The lowest BCUT2D eigenvalue weighted by molar-refractivity contribution is -0.490. The average molecular weight is 175 g/mol. The summed E-state index contributed by atoms with van der Waals surface area (Å²) < 4.78 is 0. The number of hydrogen-bond acceptors (Lipinski definition) is 3. The second-order valence-corrected chi connectivity index (χ2v) is 3.02. The molecule has 4 nitrogen and oxygen atoms in total. The van der Waals surface area contributed by atoms with E-state index in [1.807, 2.05) is 0 Å². The number of rotatable bonds is 7. The fourth-order valence-corrected chi connectivity index (χ4v) is 1.07. The van der Waals surface area contributed by atoms with Gasteiger partial charge < -0.3 is 5.11 Å². The highest BCUT2D eigenvalue weighted by Crippen LogP contribution is 2.05. The molecule has 0 aromatic carbocycles. The van der Waals surface area contributed by atoms with Gasteiger partial charge in [0.05, 0.1) is 0 Å². The Hall–Kier alpha value is -0.640. The third-order valence-corrected chi connectivity index (χ3v) is 1.75. The molecule has 0 rings (SSSR count). The third-order valence-electron chi connectivity index (χ3n) is 1.75. The van der Waals surface area contributed by atoms with Crippen molar-refractivity contribution in [1.29, 1.82) is 0 Å². The Labute approximate surface area is 72.7 Å². The van der Waals surface area contributed by atoms with Crippen molar-refractivity contribution in [1.82, 2.24) is 0 Å². The number of aliphatic hydroxyl groups is 1. The maximum absolute atomic E-state index is 9.94. The van der Waals surface area contributed by atoms with Crippen molar-refractivity contribution in [3.05, 3.63) is 10.1 Å². The van der Waals surface area contributed by atoms with Crippen molar-refractivity contribution in [3.63, 3.8) is 0 Å². The van der Waals surface area contributed by atoms with Gasteiger partial charge in [-0.2, -0.15) is 0 Å². The summed E-state index contributed by atoms with van der Waals surface area (Å²) in [6, 6.07) is 0. The minimum atomic E-state index is -0.753. The second kappa shape index (κ2) is 7.03. The highest BCUT2D eigenvalue weighted by molar-refractivity contribution is 4.53. The van der Waals surface area contributed by atoms with Gasteiger partial charge in [0.1, 0.15) is 6.10 Å². The van der Waals surface area contributed by atoms with Crippen molar-refractivity contribution < 1.29 is 10.0 Å². The van der Waals surface area contributed by atoms with Gasteiger partial charge in [0.25, 0.3) is 0 Å². The number of nitrogens with zero attached hydrogens (tertiary/aromatic N) is 1. The van der Waals surface area contributed by atoms with E-state index in [-0.39, 0.29) is 6.54 Å². The fraction of sp³-hybridized carbons (Fsp3) is 1.00. The van der Waals surface area contributed by atoms with E-state index in [9.17, 15) is 10.1 Å². The summed E-state index contributed by atoms with van der Waals surface area (Å²) >= 11 is 0. The number of aliphatic hydroxyl groups excluding tert-OH is 1. The van der Waals surface area contributed by atoms with Gasteiger partial charge in [-0.1, -0.05) is 32.6 Å². The van der Waals surface area contributed by atoms with E-state index in [4.69, 9.17) is 5.11 Å². The molecular weight excluding hydrogens is 158 g/mol. The molecule has 0 aliphatic heterocycles. The normalized spacial score (nSPS) is 12.8. The van der Waals surface area contributed by atoms with Crippen LogP contribution < -0.4 is 0 Å². The van der Waals surface area contributed by atoms with E-state index in [0.29, 0.717) is 6.42 Å². The molecule has 0 amide bonds. The number of hydrogen-bond donors (Lipinski definition) is 1. The minimum Gasteiger partial charge on any atom is -0.386 e. The molecule has 1 N–H and O–H groups in total. The monoisotopic (exact) mass is 175 g/mol. The highest BCUT2D eigenvalue weighted by Gasteiger charge is 2.09. The quantitative estimate of drug-likeness (QED) is 0.363. The van der Waals surface area contributed by atoms with Gasteiger partial charge in [-0.15, -0.1) is 0 Å². The van der Waals surface area contributed by atoms with Gasteiger partial charge in [-0.05, 0) is 6.42 Å². The molecule has 0 aliphatic carbocycles. The molecule has 0 saturated heterocycles. The van der Waals surface area contributed by atoms with Crippen LogP contribution >= 0.6 is 0 Å². The molecule has 12 heavy (non-hydrogen) atoms. The lowest BCUT2D eigenvalue weighted by atomic mass is 10.1. The third kappa shape index (κ3) is 7.47. The van der Waals surface area contributed by atoms with Gasteiger partial charge in [0.2, 0.25) is 6.54 Å². The van der Waals surface area contributed by atoms with Crippen molar-refractivity contribution in [2.45, 2.75) is 45.1 Å². The number of unbranched alkanes of at least 4 members (excludes halogenated alkanes) is 3. The SMILES string of the molecule is CCCCCC[C@@H](O)C[N+](=O)[O-]. The molecular formula is C8H17NO3. The zero-order valence-electron chi connectivity index (χ0n) is 7.53. The van der Waals surface area contributed by atoms with Crippen LogP contribution in [0.3, 0.4) is 0 Å². The van der Waals surface area contributed by atoms with E-state index in [0.717, 1.165) is 25.7 Å². The molecule has 0 heterocycles. The summed E-state index contributed by atoms with van der Waals surface area (Å²) in [6.45, 7) is 1.79. The molecule has 0 spiro atoms. The molecule has 72 valence electrons. The summed E-state index contributed by atoms with van der Waals surface area (Å²) in [5.41, 5.74) is 0. The Bertz CT molecular complexity index is 127. The Morgan fingerprint density at radius 3 is 2.58 bits per heavy atom. The Kier molecular flexibility index (Phi) is 6.66. The van der Waals surface area contributed by atoms with Gasteiger partial charge in [-0.25, -0.2) is 0 Å². The van der Waals surface area contributed by atoms with Crippen LogP contribution in [0.25, 0.3) is 0 Å². The molecule has 0 aromatic rings.